The number of amides is 2. The summed E-state index contributed by atoms with van der Waals surface area (Å²) in [4.78, 5) is 32.7. The van der Waals surface area contributed by atoms with Gasteiger partial charge in [-0.3, -0.25) is 19.7 Å². The van der Waals surface area contributed by atoms with Gasteiger partial charge in [-0.15, -0.1) is 0 Å². The minimum Gasteiger partial charge on any atom is -0.333 e. The lowest BCUT2D eigenvalue weighted by atomic mass is 10.1. The average Bonchev–Trinajstić information content (AvgIpc) is 3.27. The van der Waals surface area contributed by atoms with Crippen molar-refractivity contribution in [2.45, 2.75) is 31.5 Å². The van der Waals surface area contributed by atoms with E-state index in [1.165, 1.54) is 0 Å². The van der Waals surface area contributed by atoms with Crippen molar-refractivity contribution in [2.24, 2.45) is 0 Å². The van der Waals surface area contributed by atoms with E-state index in [9.17, 15) is 9.59 Å². The van der Waals surface area contributed by atoms with E-state index < -0.39 is 0 Å². The predicted octanol–water partition coefficient (Wildman–Crippen LogP) is 0.820. The minimum absolute atomic E-state index is 0.0463. The summed E-state index contributed by atoms with van der Waals surface area (Å²) in [7, 11) is 0. The number of pyridine rings is 1. The number of H-pyrrole nitrogens is 1. The molecule has 2 aromatic rings. The van der Waals surface area contributed by atoms with Crippen molar-refractivity contribution < 1.29 is 9.59 Å². The standard InChI is InChI=1S/C16H17N5O2/c22-15-8-14-13(21(15)10-11-2-1-5-17-9-11)4-7-20(14)16(23)12-3-6-18-19-12/h1-3,5-6,9,13-14H,4,7-8,10H2,(H,18,19)/t13-,14-/m0/s1. The van der Waals surface area contributed by atoms with Crippen molar-refractivity contribution in [3.8, 4) is 0 Å². The molecule has 2 amide bonds. The number of nitrogens with zero attached hydrogens (tertiary/aromatic N) is 4. The molecule has 118 valence electrons. The highest BCUT2D eigenvalue weighted by atomic mass is 16.2. The fourth-order valence-corrected chi connectivity index (χ4v) is 3.60. The first-order chi connectivity index (χ1) is 11.2. The van der Waals surface area contributed by atoms with Crippen molar-refractivity contribution in [3.05, 3.63) is 48.0 Å². The number of hydrogen-bond donors (Lipinski definition) is 1. The lowest BCUT2D eigenvalue weighted by molar-refractivity contribution is -0.129. The molecule has 0 radical (unpaired) electrons. The molecule has 0 bridgehead atoms. The molecule has 7 nitrogen and oxygen atoms in total. The second-order valence-electron chi connectivity index (χ2n) is 5.98. The van der Waals surface area contributed by atoms with Crippen LogP contribution in [0.2, 0.25) is 0 Å². The third kappa shape index (κ3) is 2.38. The van der Waals surface area contributed by atoms with Crippen molar-refractivity contribution in [1.29, 1.82) is 0 Å². The highest BCUT2D eigenvalue weighted by Crippen LogP contribution is 2.34. The van der Waals surface area contributed by atoms with Crippen LogP contribution >= 0.6 is 0 Å². The van der Waals surface area contributed by atoms with Gasteiger partial charge in [-0.25, -0.2) is 0 Å². The zero-order chi connectivity index (χ0) is 15.8. The lowest BCUT2D eigenvalue weighted by Crippen LogP contribution is -2.39. The minimum atomic E-state index is -0.0778. The highest BCUT2D eigenvalue weighted by Gasteiger charge is 2.48. The van der Waals surface area contributed by atoms with Crippen LogP contribution in [0.4, 0.5) is 0 Å². The molecule has 23 heavy (non-hydrogen) atoms. The van der Waals surface area contributed by atoms with Crippen LogP contribution in [-0.4, -0.2) is 55.4 Å². The topological polar surface area (TPSA) is 82.2 Å². The molecule has 2 atom stereocenters. The monoisotopic (exact) mass is 311 g/mol. The maximum atomic E-state index is 12.5. The molecule has 4 rings (SSSR count). The Hall–Kier alpha value is -2.70. The molecule has 0 saturated carbocycles. The fourth-order valence-electron chi connectivity index (χ4n) is 3.60. The molecule has 2 aromatic heterocycles. The normalized spacial score (nSPS) is 23.4. The van der Waals surface area contributed by atoms with E-state index in [4.69, 9.17) is 0 Å². The number of hydrogen-bond acceptors (Lipinski definition) is 4. The Bertz CT molecular complexity index is 715. The van der Waals surface area contributed by atoms with Gasteiger partial charge in [0.05, 0.1) is 12.1 Å². The molecule has 7 heteroatoms. The molecule has 2 saturated heterocycles. The van der Waals surface area contributed by atoms with E-state index in [1.807, 2.05) is 17.0 Å². The SMILES string of the molecule is O=C1C[C@H]2[C@H](CCN2C(=O)c2ccn[nH]2)N1Cc1cccnc1. The van der Waals surface area contributed by atoms with Crippen LogP contribution in [-0.2, 0) is 11.3 Å². The summed E-state index contributed by atoms with van der Waals surface area (Å²) < 4.78 is 0. The Morgan fingerprint density at radius 2 is 2.22 bits per heavy atom. The quantitative estimate of drug-likeness (QED) is 0.910. The van der Waals surface area contributed by atoms with Crippen LogP contribution < -0.4 is 0 Å². The number of carbonyl (C=O) groups is 2. The molecule has 2 aliphatic rings. The summed E-state index contributed by atoms with van der Waals surface area (Å²) in [5.41, 5.74) is 1.49. The molecule has 2 fully saturated rings. The summed E-state index contributed by atoms with van der Waals surface area (Å²) in [6, 6.07) is 5.55. The summed E-state index contributed by atoms with van der Waals surface area (Å²) >= 11 is 0. The first-order valence-electron chi connectivity index (χ1n) is 7.73. The number of aromatic amines is 1. The second-order valence-corrected chi connectivity index (χ2v) is 5.98. The Morgan fingerprint density at radius 1 is 1.30 bits per heavy atom. The second kappa shape index (κ2) is 5.49. The molecular weight excluding hydrogens is 294 g/mol. The summed E-state index contributed by atoms with van der Waals surface area (Å²) in [5.74, 6) is 0.0250. The van der Waals surface area contributed by atoms with Crippen LogP contribution in [0.5, 0.6) is 0 Å². The maximum Gasteiger partial charge on any atom is 0.272 e. The van der Waals surface area contributed by atoms with Crippen LogP contribution in [0, 0.1) is 0 Å². The largest absolute Gasteiger partial charge is 0.333 e. The van der Waals surface area contributed by atoms with E-state index in [1.54, 1.807) is 29.6 Å². The molecule has 1 N–H and O–H groups in total. The number of likely N-dealkylation sites (tertiary alicyclic amines) is 2. The van der Waals surface area contributed by atoms with Gasteiger partial charge < -0.3 is 9.80 Å². The number of aromatic nitrogens is 3. The number of nitrogens with one attached hydrogen (secondary N) is 1. The Morgan fingerprint density at radius 3 is 2.96 bits per heavy atom. The first kappa shape index (κ1) is 13.9. The third-order valence-electron chi connectivity index (χ3n) is 4.68. The molecule has 0 unspecified atom stereocenters. The van der Waals surface area contributed by atoms with Gasteiger partial charge >= 0.3 is 0 Å². The van der Waals surface area contributed by atoms with Gasteiger partial charge in [-0.05, 0) is 24.1 Å². The number of fused-ring (bicyclic) bond motifs is 1. The Kier molecular flexibility index (Phi) is 3.33. The van der Waals surface area contributed by atoms with Gasteiger partial charge in [0, 0.05) is 38.1 Å². The van der Waals surface area contributed by atoms with E-state index in [2.05, 4.69) is 15.2 Å². The highest BCUT2D eigenvalue weighted by molar-refractivity contribution is 5.93. The van der Waals surface area contributed by atoms with Gasteiger partial charge in [-0.2, -0.15) is 5.10 Å². The van der Waals surface area contributed by atoms with Crippen molar-refractivity contribution in [1.82, 2.24) is 25.0 Å². The van der Waals surface area contributed by atoms with Gasteiger partial charge in [0.1, 0.15) is 5.69 Å². The Labute approximate surface area is 133 Å². The molecule has 0 aromatic carbocycles. The van der Waals surface area contributed by atoms with Crippen molar-refractivity contribution in [2.75, 3.05) is 6.54 Å². The summed E-state index contributed by atoms with van der Waals surface area (Å²) in [6.07, 6.45) is 6.28. The van der Waals surface area contributed by atoms with E-state index in [0.717, 1.165) is 12.0 Å². The van der Waals surface area contributed by atoms with Crippen LogP contribution in [0.1, 0.15) is 28.9 Å². The van der Waals surface area contributed by atoms with Crippen molar-refractivity contribution in [3.63, 3.8) is 0 Å². The van der Waals surface area contributed by atoms with Gasteiger partial charge in [0.15, 0.2) is 0 Å². The Balaban J connectivity index is 1.52. The van der Waals surface area contributed by atoms with E-state index in [-0.39, 0.29) is 23.9 Å². The zero-order valence-corrected chi connectivity index (χ0v) is 12.6. The summed E-state index contributed by atoms with van der Waals surface area (Å²) in [5, 5.41) is 6.54. The molecule has 0 spiro atoms. The predicted molar refractivity (Wildman–Crippen MR) is 81.2 cm³/mol. The first-order valence-corrected chi connectivity index (χ1v) is 7.73. The molecular formula is C16H17N5O2. The fraction of sp³-hybridized carbons (Fsp3) is 0.375. The third-order valence-corrected chi connectivity index (χ3v) is 4.68. The van der Waals surface area contributed by atoms with Crippen molar-refractivity contribution >= 4 is 11.8 Å². The smallest absolute Gasteiger partial charge is 0.272 e. The van der Waals surface area contributed by atoms with Gasteiger partial charge in [0.25, 0.3) is 5.91 Å². The molecule has 4 heterocycles. The number of carbonyl (C=O) groups excluding carboxylic acids is 2. The van der Waals surface area contributed by atoms with Crippen LogP contribution in [0.3, 0.4) is 0 Å². The van der Waals surface area contributed by atoms with Gasteiger partial charge in [-0.1, -0.05) is 6.07 Å². The van der Waals surface area contributed by atoms with Crippen LogP contribution in [0.15, 0.2) is 36.8 Å². The average molecular weight is 311 g/mol. The zero-order valence-electron chi connectivity index (χ0n) is 12.6. The molecule has 2 aliphatic heterocycles. The van der Waals surface area contributed by atoms with Gasteiger partial charge in [0.2, 0.25) is 5.91 Å². The maximum absolute atomic E-state index is 12.5. The lowest BCUT2D eigenvalue weighted by Gasteiger charge is -2.25. The molecule has 0 aliphatic carbocycles. The van der Waals surface area contributed by atoms with E-state index in [0.29, 0.717) is 25.2 Å². The van der Waals surface area contributed by atoms with Crippen LogP contribution in [0.25, 0.3) is 0 Å². The summed E-state index contributed by atoms with van der Waals surface area (Å²) in [6.45, 7) is 1.23. The van der Waals surface area contributed by atoms with E-state index >= 15 is 0 Å². The number of rotatable bonds is 3.